The summed E-state index contributed by atoms with van der Waals surface area (Å²) in [7, 11) is -12.7. The fourth-order valence-corrected chi connectivity index (χ4v) is 8.16. The highest BCUT2D eigenvalue weighted by Gasteiger charge is 2.31. The van der Waals surface area contributed by atoms with Crippen LogP contribution in [0.4, 0.5) is 0 Å². The zero-order valence-electron chi connectivity index (χ0n) is 24.0. The third kappa shape index (κ3) is 8.43. The van der Waals surface area contributed by atoms with Gasteiger partial charge in [0, 0.05) is 26.2 Å². The van der Waals surface area contributed by atoms with Gasteiger partial charge in [-0.1, -0.05) is 53.1 Å². The van der Waals surface area contributed by atoms with Crippen LogP contribution >= 0.6 is 0 Å². The smallest absolute Gasteiger partial charge is 0.243 e. The maximum absolute atomic E-state index is 13.7. The van der Waals surface area contributed by atoms with Crippen LogP contribution < -0.4 is 0 Å². The van der Waals surface area contributed by atoms with E-state index in [1.54, 1.807) is 69.7 Å². The average molecular weight is 648 g/mol. The molecule has 0 heterocycles. The zero-order valence-corrected chi connectivity index (χ0v) is 26.5. The molecule has 0 spiro atoms. The van der Waals surface area contributed by atoms with Gasteiger partial charge in [0.05, 0.1) is 27.8 Å². The maximum atomic E-state index is 13.7. The Morgan fingerprint density at radius 2 is 0.674 bits per heavy atom. The second-order valence-electron chi connectivity index (χ2n) is 9.81. The number of sulfonamides is 3. The van der Waals surface area contributed by atoms with Crippen molar-refractivity contribution in [3.63, 3.8) is 0 Å². The van der Waals surface area contributed by atoms with E-state index >= 15 is 0 Å². The molecule has 0 saturated carbocycles. The zero-order chi connectivity index (χ0) is 31.8. The third-order valence-corrected chi connectivity index (χ3v) is 12.3. The van der Waals surface area contributed by atoms with Gasteiger partial charge in [-0.25, -0.2) is 25.3 Å². The molecule has 0 fully saturated rings. The molecule has 0 bridgehead atoms. The summed E-state index contributed by atoms with van der Waals surface area (Å²) < 4.78 is 83.3. The Hall–Kier alpha value is -3.27. The van der Waals surface area contributed by atoms with Gasteiger partial charge in [-0.15, -0.1) is 0 Å². The largest absolute Gasteiger partial charge is 0.289 e. The molecule has 0 aromatic heterocycles. The van der Waals surface area contributed by atoms with E-state index < -0.39 is 69.3 Å². The van der Waals surface area contributed by atoms with E-state index in [1.165, 1.54) is 36.4 Å². The Labute approximate surface area is 253 Å². The van der Waals surface area contributed by atoms with Crippen LogP contribution in [0.3, 0.4) is 0 Å². The molecule has 0 aliphatic heterocycles. The highest BCUT2D eigenvalue weighted by Crippen LogP contribution is 2.21. The normalized spacial score (nSPS) is 12.6. The minimum atomic E-state index is -4.28. The number of hydrogen-bond donors (Lipinski definition) is 0. The van der Waals surface area contributed by atoms with Gasteiger partial charge in [-0.2, -0.15) is 12.9 Å². The van der Waals surface area contributed by atoms with Crippen molar-refractivity contribution in [3.05, 3.63) is 89.5 Å². The van der Waals surface area contributed by atoms with Gasteiger partial charge < -0.3 is 0 Å². The summed E-state index contributed by atoms with van der Waals surface area (Å²) in [5, 5.41) is 0. The lowest BCUT2D eigenvalue weighted by atomic mass is 10.2. The molecule has 0 aliphatic carbocycles. The van der Waals surface area contributed by atoms with Crippen molar-refractivity contribution in [2.45, 2.75) is 35.5 Å². The van der Waals surface area contributed by atoms with Crippen LogP contribution in [0.15, 0.2) is 87.5 Å². The fraction of sp³-hybridized carbons (Fsp3) is 0.310. The Morgan fingerprint density at radius 3 is 0.930 bits per heavy atom. The van der Waals surface area contributed by atoms with Crippen molar-refractivity contribution in [2.24, 2.45) is 0 Å². The van der Waals surface area contributed by atoms with E-state index in [4.69, 9.17) is 0 Å². The van der Waals surface area contributed by atoms with E-state index in [0.717, 1.165) is 29.6 Å². The number of rotatable bonds is 16. The van der Waals surface area contributed by atoms with Crippen molar-refractivity contribution in [3.8, 4) is 0 Å². The van der Waals surface area contributed by atoms with Crippen LogP contribution in [0.1, 0.15) is 16.7 Å². The molecular formula is C29H33N3O8S3. The number of carbonyl (C=O) groups excluding carboxylic acids is 2. The third-order valence-electron chi connectivity index (χ3n) is 6.66. The first-order valence-electron chi connectivity index (χ1n) is 13.1. The molecule has 0 saturated heterocycles. The van der Waals surface area contributed by atoms with Gasteiger partial charge in [-0.05, 0) is 57.2 Å². The highest BCUT2D eigenvalue weighted by molar-refractivity contribution is 7.89. The van der Waals surface area contributed by atoms with Crippen molar-refractivity contribution in [1.29, 1.82) is 0 Å². The van der Waals surface area contributed by atoms with Crippen LogP contribution in [-0.2, 0) is 39.7 Å². The molecule has 3 rings (SSSR count). The monoisotopic (exact) mass is 647 g/mol. The van der Waals surface area contributed by atoms with E-state index in [1.807, 2.05) is 0 Å². The molecule has 0 N–H and O–H groups in total. The summed E-state index contributed by atoms with van der Waals surface area (Å²) >= 11 is 0. The molecule has 0 amide bonds. The van der Waals surface area contributed by atoms with Crippen LogP contribution in [0.25, 0.3) is 0 Å². The lowest BCUT2D eigenvalue weighted by Gasteiger charge is -2.28. The molecule has 0 aliphatic rings. The quantitative estimate of drug-likeness (QED) is 0.230. The molecule has 43 heavy (non-hydrogen) atoms. The van der Waals surface area contributed by atoms with Gasteiger partial charge >= 0.3 is 0 Å². The molecule has 0 atom stereocenters. The van der Waals surface area contributed by atoms with Crippen LogP contribution in [0, 0.1) is 20.8 Å². The minimum Gasteiger partial charge on any atom is -0.289 e. The average Bonchev–Trinajstić information content (AvgIpc) is 2.96. The molecule has 2 radical (unpaired) electrons. The fourth-order valence-electron chi connectivity index (χ4n) is 4.09. The minimum absolute atomic E-state index is 0.0850. The SMILES string of the molecule is Cc1ccc(S(=O)(=O)N(C[C]=O)CCN(CCN(C[C]=O)S(=O)(=O)c2ccc(C)cc2)S(=O)(=O)c2ccc(C)cc2)cc1. The maximum Gasteiger partial charge on any atom is 0.243 e. The lowest BCUT2D eigenvalue weighted by molar-refractivity contribution is 0.332. The summed E-state index contributed by atoms with van der Waals surface area (Å²) in [4.78, 5) is 22.4. The molecule has 230 valence electrons. The van der Waals surface area contributed by atoms with Crippen LogP contribution in [-0.4, -0.2) is 90.0 Å². The van der Waals surface area contributed by atoms with Gasteiger partial charge in [-0.3, -0.25) is 9.59 Å². The Kier molecular flexibility index (Phi) is 11.5. The van der Waals surface area contributed by atoms with Crippen molar-refractivity contribution < 1.29 is 34.8 Å². The van der Waals surface area contributed by atoms with Crippen molar-refractivity contribution in [1.82, 2.24) is 12.9 Å². The molecule has 3 aromatic carbocycles. The number of aryl methyl sites for hydroxylation is 3. The predicted octanol–water partition coefficient (Wildman–Crippen LogP) is 2.20. The van der Waals surface area contributed by atoms with Gasteiger partial charge in [0.25, 0.3) is 0 Å². The Bertz CT molecular complexity index is 1630. The van der Waals surface area contributed by atoms with Crippen LogP contribution in [0.5, 0.6) is 0 Å². The Balaban J connectivity index is 1.95. The van der Waals surface area contributed by atoms with Crippen LogP contribution in [0.2, 0.25) is 0 Å². The molecule has 0 unspecified atom stereocenters. The van der Waals surface area contributed by atoms with E-state index in [2.05, 4.69) is 0 Å². The Morgan fingerprint density at radius 1 is 0.442 bits per heavy atom. The predicted molar refractivity (Wildman–Crippen MR) is 161 cm³/mol. The highest BCUT2D eigenvalue weighted by atomic mass is 32.2. The van der Waals surface area contributed by atoms with E-state index in [0.29, 0.717) is 0 Å². The number of nitrogens with zero attached hydrogens (tertiary/aromatic N) is 3. The topological polar surface area (TPSA) is 146 Å². The molecule has 11 nitrogen and oxygen atoms in total. The van der Waals surface area contributed by atoms with Crippen molar-refractivity contribution in [2.75, 3.05) is 39.3 Å². The first-order valence-corrected chi connectivity index (χ1v) is 17.5. The summed E-state index contributed by atoms with van der Waals surface area (Å²) in [5.74, 6) is 0. The van der Waals surface area contributed by atoms with Gasteiger partial charge in [0.2, 0.25) is 42.6 Å². The van der Waals surface area contributed by atoms with E-state index in [-0.39, 0.29) is 14.7 Å². The summed E-state index contributed by atoms with van der Waals surface area (Å²) in [6, 6.07) is 17.9. The molecular weight excluding hydrogens is 615 g/mol. The summed E-state index contributed by atoms with van der Waals surface area (Å²) in [6.45, 7) is 2.34. The van der Waals surface area contributed by atoms with Crippen molar-refractivity contribution >= 4 is 42.6 Å². The van der Waals surface area contributed by atoms with E-state index in [9.17, 15) is 34.8 Å². The standard InChI is InChI=1S/C29H33N3O8S3/c1-24-4-10-27(11-5-24)41(35,36)30(16-18-31(20-22-33)42(37,38)28-12-6-25(2)7-13-28)17-19-32(21-23-34)43(39,40)29-14-8-26(3)9-15-29/h4-15H,16-21H2,1-3H3. The number of benzene rings is 3. The van der Waals surface area contributed by atoms with Gasteiger partial charge in [0.1, 0.15) is 0 Å². The van der Waals surface area contributed by atoms with Gasteiger partial charge in [0.15, 0.2) is 0 Å². The first-order chi connectivity index (χ1) is 20.2. The second kappa shape index (κ2) is 14.5. The lowest BCUT2D eigenvalue weighted by Crippen LogP contribution is -2.45. The summed E-state index contributed by atoms with van der Waals surface area (Å²) in [6.07, 6.45) is 3.13. The molecule has 14 heteroatoms. The number of hydrogen-bond acceptors (Lipinski definition) is 8. The summed E-state index contributed by atoms with van der Waals surface area (Å²) in [5.41, 5.74) is 2.44. The first kappa shape index (κ1) is 34.2. The second-order valence-corrected chi connectivity index (χ2v) is 15.6. The molecule has 3 aromatic rings.